The molecule has 3 rings (SSSR count). The maximum atomic E-state index is 12.1. The zero-order chi connectivity index (χ0) is 19.1. The van der Waals surface area contributed by atoms with Crippen LogP contribution < -0.4 is 20.1 Å². The van der Waals surface area contributed by atoms with Gasteiger partial charge in [0.05, 0.1) is 19.7 Å². The van der Waals surface area contributed by atoms with Gasteiger partial charge >= 0.3 is 0 Å². The number of aromatic nitrogens is 1. The van der Waals surface area contributed by atoms with Gasteiger partial charge in [0.1, 0.15) is 6.61 Å². The van der Waals surface area contributed by atoms with Crippen LogP contribution in [0.5, 0.6) is 11.5 Å². The lowest BCUT2D eigenvalue weighted by atomic mass is 10.1. The number of ether oxygens (including phenoxy) is 2. The Kier molecular flexibility index (Phi) is 6.65. The lowest BCUT2D eigenvalue weighted by Gasteiger charge is -2.17. The summed E-state index contributed by atoms with van der Waals surface area (Å²) in [6.45, 7) is 3.69. The van der Waals surface area contributed by atoms with Crippen LogP contribution in [0, 0.1) is 5.92 Å². The van der Waals surface area contributed by atoms with E-state index < -0.39 is 0 Å². The minimum atomic E-state index is -0.108. The first kappa shape index (κ1) is 19.2. The molecule has 1 aromatic carbocycles. The van der Waals surface area contributed by atoms with Gasteiger partial charge in [-0.3, -0.25) is 9.78 Å². The first-order valence-electron chi connectivity index (χ1n) is 9.35. The second kappa shape index (κ2) is 9.37. The number of nitrogens with zero attached hydrogens (tertiary/aromatic N) is 1. The monoisotopic (exact) mass is 369 g/mol. The first-order chi connectivity index (χ1) is 13.2. The minimum absolute atomic E-state index is 0.000121. The Morgan fingerprint density at radius 1 is 1.22 bits per heavy atom. The molecule has 1 saturated carbocycles. The average molecular weight is 369 g/mol. The molecule has 1 aromatic heterocycles. The van der Waals surface area contributed by atoms with Crippen molar-refractivity contribution in [2.24, 2.45) is 5.92 Å². The summed E-state index contributed by atoms with van der Waals surface area (Å²) in [5, 5.41) is 6.22. The molecule has 0 saturated heterocycles. The summed E-state index contributed by atoms with van der Waals surface area (Å²) in [6, 6.07) is 9.45. The lowest BCUT2D eigenvalue weighted by molar-refractivity contribution is -0.120. The number of carbonyl (C=O) groups excluding carboxylic acids is 1. The number of methoxy groups -OCH3 is 1. The van der Waals surface area contributed by atoms with E-state index in [1.165, 1.54) is 12.8 Å². The molecule has 1 atom stereocenters. The Labute approximate surface area is 160 Å². The van der Waals surface area contributed by atoms with Crippen molar-refractivity contribution in [1.82, 2.24) is 15.6 Å². The standard InChI is InChI=1S/C21H27N3O3/c1-15(24-21(25)13-23-12-16-3-4-16)18-5-6-19(20(11-18)26-2)27-14-17-7-9-22-10-8-17/h5-11,15-16,23H,3-4,12-14H2,1-2H3,(H,24,25). The van der Waals surface area contributed by atoms with Gasteiger partial charge in [-0.25, -0.2) is 0 Å². The Balaban J connectivity index is 1.54. The molecule has 2 aromatic rings. The summed E-state index contributed by atoms with van der Waals surface area (Å²) in [5.74, 6) is 2.08. The van der Waals surface area contributed by atoms with Crippen molar-refractivity contribution in [2.45, 2.75) is 32.4 Å². The number of carbonyl (C=O) groups is 1. The third-order valence-electron chi connectivity index (χ3n) is 4.62. The van der Waals surface area contributed by atoms with Crippen molar-refractivity contribution in [3.63, 3.8) is 0 Å². The van der Waals surface area contributed by atoms with E-state index >= 15 is 0 Å². The van der Waals surface area contributed by atoms with E-state index in [4.69, 9.17) is 9.47 Å². The molecule has 0 aliphatic heterocycles. The Morgan fingerprint density at radius 3 is 2.70 bits per heavy atom. The fourth-order valence-electron chi connectivity index (χ4n) is 2.80. The number of nitrogens with one attached hydrogen (secondary N) is 2. The molecular formula is C21H27N3O3. The number of pyridine rings is 1. The van der Waals surface area contributed by atoms with Crippen molar-refractivity contribution < 1.29 is 14.3 Å². The third kappa shape index (κ3) is 5.96. The molecule has 0 bridgehead atoms. The summed E-state index contributed by atoms with van der Waals surface area (Å²) < 4.78 is 11.3. The summed E-state index contributed by atoms with van der Waals surface area (Å²) >= 11 is 0. The molecule has 1 unspecified atom stereocenters. The minimum Gasteiger partial charge on any atom is -0.493 e. The van der Waals surface area contributed by atoms with Crippen LogP contribution in [0.3, 0.4) is 0 Å². The quantitative estimate of drug-likeness (QED) is 0.674. The van der Waals surface area contributed by atoms with Crippen LogP contribution in [0.1, 0.15) is 36.9 Å². The average Bonchev–Trinajstić information content (AvgIpc) is 3.51. The van der Waals surface area contributed by atoms with Crippen LogP contribution in [-0.2, 0) is 11.4 Å². The normalized spacial score (nSPS) is 14.4. The smallest absolute Gasteiger partial charge is 0.234 e. The van der Waals surface area contributed by atoms with Gasteiger partial charge in [-0.05, 0) is 67.6 Å². The van der Waals surface area contributed by atoms with Gasteiger partial charge in [-0.1, -0.05) is 6.07 Å². The van der Waals surface area contributed by atoms with E-state index in [1.807, 2.05) is 37.3 Å². The molecule has 1 fully saturated rings. The van der Waals surface area contributed by atoms with Crippen molar-refractivity contribution in [3.8, 4) is 11.5 Å². The van der Waals surface area contributed by atoms with Crippen LogP contribution in [-0.4, -0.2) is 31.1 Å². The van der Waals surface area contributed by atoms with E-state index in [1.54, 1.807) is 19.5 Å². The molecule has 1 amide bonds. The number of amides is 1. The van der Waals surface area contributed by atoms with Crippen molar-refractivity contribution >= 4 is 5.91 Å². The molecule has 0 radical (unpaired) electrons. The van der Waals surface area contributed by atoms with Crippen LogP contribution >= 0.6 is 0 Å². The Morgan fingerprint density at radius 2 is 2.00 bits per heavy atom. The zero-order valence-electron chi connectivity index (χ0n) is 15.9. The first-order valence-corrected chi connectivity index (χ1v) is 9.35. The fraction of sp³-hybridized carbons (Fsp3) is 0.429. The van der Waals surface area contributed by atoms with Gasteiger partial charge in [-0.15, -0.1) is 0 Å². The number of hydrogen-bond donors (Lipinski definition) is 2. The largest absolute Gasteiger partial charge is 0.493 e. The fourth-order valence-corrected chi connectivity index (χ4v) is 2.80. The summed E-state index contributed by atoms with van der Waals surface area (Å²) in [4.78, 5) is 16.1. The van der Waals surface area contributed by atoms with Crippen molar-refractivity contribution in [2.75, 3.05) is 20.2 Å². The Bertz CT molecular complexity index is 748. The molecule has 27 heavy (non-hydrogen) atoms. The van der Waals surface area contributed by atoms with Crippen molar-refractivity contribution in [3.05, 3.63) is 53.9 Å². The zero-order valence-corrected chi connectivity index (χ0v) is 15.9. The van der Waals surface area contributed by atoms with E-state index in [0.29, 0.717) is 24.7 Å². The molecule has 2 N–H and O–H groups in total. The van der Waals surface area contributed by atoms with Gasteiger partial charge in [0.15, 0.2) is 11.5 Å². The molecule has 6 heteroatoms. The van der Waals surface area contributed by atoms with Gasteiger partial charge in [0.25, 0.3) is 0 Å². The van der Waals surface area contributed by atoms with Crippen LogP contribution in [0.25, 0.3) is 0 Å². The van der Waals surface area contributed by atoms with E-state index in [9.17, 15) is 4.79 Å². The summed E-state index contributed by atoms with van der Waals surface area (Å²) in [6.07, 6.45) is 6.03. The highest BCUT2D eigenvalue weighted by atomic mass is 16.5. The van der Waals surface area contributed by atoms with Crippen molar-refractivity contribution in [1.29, 1.82) is 0 Å². The van der Waals surface area contributed by atoms with Crippen LogP contribution in [0.4, 0.5) is 0 Å². The van der Waals surface area contributed by atoms with E-state index in [-0.39, 0.29) is 11.9 Å². The van der Waals surface area contributed by atoms with Crippen LogP contribution in [0.2, 0.25) is 0 Å². The highest BCUT2D eigenvalue weighted by molar-refractivity contribution is 5.78. The van der Waals surface area contributed by atoms with E-state index in [0.717, 1.165) is 23.6 Å². The molecule has 6 nitrogen and oxygen atoms in total. The maximum Gasteiger partial charge on any atom is 0.234 e. The molecule has 1 aliphatic carbocycles. The predicted octanol–water partition coefficient (Wildman–Crippen LogP) is 2.85. The van der Waals surface area contributed by atoms with Crippen LogP contribution in [0.15, 0.2) is 42.7 Å². The maximum absolute atomic E-state index is 12.1. The SMILES string of the molecule is COc1cc(C(C)NC(=O)CNCC2CC2)ccc1OCc1ccncc1. The Hall–Kier alpha value is -2.60. The molecular weight excluding hydrogens is 342 g/mol. The molecule has 144 valence electrons. The molecule has 1 aliphatic rings. The third-order valence-corrected chi connectivity index (χ3v) is 4.62. The number of rotatable bonds is 10. The van der Waals surface area contributed by atoms with Gasteiger partial charge in [-0.2, -0.15) is 0 Å². The predicted molar refractivity (Wildman–Crippen MR) is 104 cm³/mol. The van der Waals surface area contributed by atoms with Gasteiger partial charge < -0.3 is 20.1 Å². The highest BCUT2D eigenvalue weighted by Gasteiger charge is 2.21. The second-order valence-electron chi connectivity index (χ2n) is 6.92. The molecule has 0 spiro atoms. The van der Waals surface area contributed by atoms with E-state index in [2.05, 4.69) is 15.6 Å². The second-order valence-corrected chi connectivity index (χ2v) is 6.92. The number of hydrogen-bond acceptors (Lipinski definition) is 5. The van der Waals surface area contributed by atoms with Gasteiger partial charge in [0, 0.05) is 12.4 Å². The van der Waals surface area contributed by atoms with Gasteiger partial charge in [0.2, 0.25) is 5.91 Å². The lowest BCUT2D eigenvalue weighted by Crippen LogP contribution is -2.36. The topological polar surface area (TPSA) is 72.5 Å². The summed E-state index contributed by atoms with van der Waals surface area (Å²) in [7, 11) is 1.61. The number of benzene rings is 1. The summed E-state index contributed by atoms with van der Waals surface area (Å²) in [5.41, 5.74) is 2.01. The molecule has 1 heterocycles. The highest BCUT2D eigenvalue weighted by Crippen LogP contribution is 2.31.